The quantitative estimate of drug-likeness (QED) is 0.348. The van der Waals surface area contributed by atoms with E-state index in [1.807, 2.05) is 0 Å². The minimum Gasteiger partial charge on any atom is -0.455 e. The van der Waals surface area contributed by atoms with Crippen molar-refractivity contribution in [3.63, 3.8) is 0 Å². The van der Waals surface area contributed by atoms with Crippen LogP contribution < -0.4 is 10.7 Å². The standard InChI is InChI=1S/C20H14Cl2F7N3O3/c1-8-14-11(31-32-17(34)18(23,24)19(25,26)20(27,28)29)3-2-4-13(14)35-15(8)16(33)30-12-7-9(21)5-6-10(12)22/h5-7H,2-4H2,1H3,(H,30,33)(H,32,34)/b31-11+. The van der Waals surface area contributed by atoms with Crippen LogP contribution in [-0.2, 0) is 11.2 Å². The van der Waals surface area contributed by atoms with E-state index in [2.05, 4.69) is 10.4 Å². The van der Waals surface area contributed by atoms with Crippen molar-refractivity contribution in [2.45, 2.75) is 44.2 Å². The molecule has 1 aliphatic rings. The SMILES string of the molecule is Cc1c(C(=O)Nc2cc(Cl)ccc2Cl)oc2c1/C(=N/NC(=O)C(F)(F)C(F)(F)C(F)(F)F)CCC2. The van der Waals surface area contributed by atoms with Gasteiger partial charge in [-0.3, -0.25) is 9.59 Å². The molecule has 3 rings (SSSR count). The van der Waals surface area contributed by atoms with Gasteiger partial charge in [-0.2, -0.15) is 35.8 Å². The van der Waals surface area contributed by atoms with Crippen LogP contribution in [0.2, 0.25) is 10.0 Å². The Labute approximate surface area is 202 Å². The molecule has 1 aromatic carbocycles. The smallest absolute Gasteiger partial charge is 0.455 e. The Morgan fingerprint density at radius 1 is 1.06 bits per heavy atom. The summed E-state index contributed by atoms with van der Waals surface area (Å²) in [6.07, 6.45) is -6.08. The number of hydrazone groups is 1. The molecule has 0 bridgehead atoms. The summed E-state index contributed by atoms with van der Waals surface area (Å²) >= 11 is 11.9. The number of hydrogen-bond donors (Lipinski definition) is 2. The van der Waals surface area contributed by atoms with Gasteiger partial charge in [0.2, 0.25) is 0 Å². The van der Waals surface area contributed by atoms with Gasteiger partial charge in [0, 0.05) is 22.6 Å². The van der Waals surface area contributed by atoms with E-state index < -0.39 is 29.8 Å². The van der Waals surface area contributed by atoms with Crippen molar-refractivity contribution in [1.82, 2.24) is 5.43 Å². The molecule has 15 heteroatoms. The molecule has 1 heterocycles. The molecule has 0 radical (unpaired) electrons. The molecule has 0 fully saturated rings. The average molecular weight is 548 g/mol. The number of carbonyl (C=O) groups excluding carboxylic acids is 2. The predicted octanol–water partition coefficient (Wildman–Crippen LogP) is 6.14. The number of furan rings is 1. The van der Waals surface area contributed by atoms with Gasteiger partial charge in [-0.1, -0.05) is 23.2 Å². The minimum absolute atomic E-state index is 0.0239. The highest BCUT2D eigenvalue weighted by molar-refractivity contribution is 6.35. The maximum Gasteiger partial charge on any atom is 0.460 e. The highest BCUT2D eigenvalue weighted by Gasteiger charge is 2.76. The van der Waals surface area contributed by atoms with Crippen molar-refractivity contribution in [2.75, 3.05) is 5.32 Å². The van der Waals surface area contributed by atoms with E-state index >= 15 is 0 Å². The summed E-state index contributed by atoms with van der Waals surface area (Å²) in [5.41, 5.74) is 1.38. The molecule has 2 aromatic rings. The van der Waals surface area contributed by atoms with Crippen molar-refractivity contribution in [3.05, 3.63) is 50.9 Å². The van der Waals surface area contributed by atoms with Crippen LogP contribution in [0.3, 0.4) is 0 Å². The second-order valence-electron chi connectivity index (χ2n) is 7.43. The number of fused-ring (bicyclic) bond motifs is 1. The summed E-state index contributed by atoms with van der Waals surface area (Å²) in [7, 11) is 0. The third kappa shape index (κ3) is 4.96. The number of nitrogens with zero attached hydrogens (tertiary/aromatic N) is 1. The van der Waals surface area contributed by atoms with Gasteiger partial charge in [-0.25, -0.2) is 5.43 Å². The second-order valence-corrected chi connectivity index (χ2v) is 8.28. The topological polar surface area (TPSA) is 83.7 Å². The van der Waals surface area contributed by atoms with E-state index in [-0.39, 0.29) is 56.9 Å². The highest BCUT2D eigenvalue weighted by atomic mass is 35.5. The molecule has 0 aliphatic heterocycles. The lowest BCUT2D eigenvalue weighted by atomic mass is 9.93. The summed E-state index contributed by atoms with van der Waals surface area (Å²) in [6.45, 7) is 1.41. The molecule has 1 aromatic heterocycles. The summed E-state index contributed by atoms with van der Waals surface area (Å²) < 4.78 is 95.8. The third-order valence-electron chi connectivity index (χ3n) is 5.04. The summed E-state index contributed by atoms with van der Waals surface area (Å²) in [5.74, 6) is -16.5. The number of carbonyl (C=O) groups is 2. The fraction of sp³-hybridized carbons (Fsp3) is 0.350. The van der Waals surface area contributed by atoms with E-state index in [9.17, 15) is 40.3 Å². The van der Waals surface area contributed by atoms with Gasteiger partial charge in [0.15, 0.2) is 5.76 Å². The Hall–Kier alpha value is -2.80. The molecule has 6 nitrogen and oxygen atoms in total. The number of anilines is 1. The van der Waals surface area contributed by atoms with Crippen LogP contribution in [0.1, 0.15) is 40.3 Å². The lowest BCUT2D eigenvalue weighted by molar-refractivity contribution is -0.344. The van der Waals surface area contributed by atoms with Crippen molar-refractivity contribution < 1.29 is 44.7 Å². The number of halogens is 9. The van der Waals surface area contributed by atoms with Crippen molar-refractivity contribution in [3.8, 4) is 0 Å². The molecule has 190 valence electrons. The van der Waals surface area contributed by atoms with E-state index in [4.69, 9.17) is 27.6 Å². The van der Waals surface area contributed by atoms with E-state index in [0.29, 0.717) is 6.42 Å². The lowest BCUT2D eigenvalue weighted by Gasteiger charge is -2.26. The number of rotatable bonds is 5. The summed E-state index contributed by atoms with van der Waals surface area (Å²) in [6, 6.07) is 4.30. The maximum absolute atomic E-state index is 13.6. The molecule has 2 N–H and O–H groups in total. The zero-order valence-corrected chi connectivity index (χ0v) is 18.9. The van der Waals surface area contributed by atoms with Crippen molar-refractivity contribution in [1.29, 1.82) is 0 Å². The monoisotopic (exact) mass is 547 g/mol. The number of amides is 2. The Morgan fingerprint density at radius 2 is 1.71 bits per heavy atom. The zero-order valence-electron chi connectivity index (χ0n) is 17.4. The van der Waals surface area contributed by atoms with Gasteiger partial charge >= 0.3 is 23.9 Å². The molecule has 1 aliphatic carbocycles. The summed E-state index contributed by atoms with van der Waals surface area (Å²) in [4.78, 5) is 24.2. The first kappa shape index (κ1) is 26.8. The van der Waals surface area contributed by atoms with E-state index in [0.717, 1.165) is 5.43 Å². The zero-order chi connectivity index (χ0) is 26.3. The molecular weight excluding hydrogens is 534 g/mol. The average Bonchev–Trinajstić information content (AvgIpc) is 3.10. The van der Waals surface area contributed by atoms with Crippen LogP contribution in [0.25, 0.3) is 0 Å². The molecule has 0 saturated heterocycles. The van der Waals surface area contributed by atoms with Gasteiger partial charge < -0.3 is 9.73 Å². The normalized spacial score (nSPS) is 15.7. The molecule has 0 unspecified atom stereocenters. The molecule has 0 atom stereocenters. The van der Waals surface area contributed by atoms with Gasteiger partial charge in [0.1, 0.15) is 5.76 Å². The fourth-order valence-electron chi connectivity index (χ4n) is 3.28. The third-order valence-corrected chi connectivity index (χ3v) is 5.60. The van der Waals surface area contributed by atoms with E-state index in [1.54, 1.807) is 0 Å². The van der Waals surface area contributed by atoms with Gasteiger partial charge in [0.05, 0.1) is 16.4 Å². The first-order valence-corrected chi connectivity index (χ1v) is 10.4. The largest absolute Gasteiger partial charge is 0.460 e. The summed E-state index contributed by atoms with van der Waals surface area (Å²) in [5, 5.41) is 6.26. The predicted molar refractivity (Wildman–Crippen MR) is 111 cm³/mol. The first-order chi connectivity index (χ1) is 16.1. The van der Waals surface area contributed by atoms with Gasteiger partial charge in [-0.15, -0.1) is 0 Å². The number of alkyl halides is 7. The number of nitrogens with one attached hydrogen (secondary N) is 2. The Morgan fingerprint density at radius 3 is 2.34 bits per heavy atom. The van der Waals surface area contributed by atoms with Crippen LogP contribution in [0.4, 0.5) is 36.4 Å². The van der Waals surface area contributed by atoms with Crippen LogP contribution in [0, 0.1) is 6.92 Å². The number of hydrogen-bond acceptors (Lipinski definition) is 4. The van der Waals surface area contributed by atoms with Crippen LogP contribution in [0.15, 0.2) is 27.7 Å². The lowest BCUT2D eigenvalue weighted by Crippen LogP contribution is -2.58. The first-order valence-electron chi connectivity index (χ1n) is 9.66. The molecular formula is C20H14Cl2F7N3O3. The maximum atomic E-state index is 13.6. The van der Waals surface area contributed by atoms with Gasteiger partial charge in [-0.05, 0) is 38.0 Å². The van der Waals surface area contributed by atoms with Gasteiger partial charge in [0.25, 0.3) is 5.91 Å². The Bertz CT molecular complexity index is 1210. The van der Waals surface area contributed by atoms with Crippen LogP contribution >= 0.6 is 23.2 Å². The molecule has 2 amide bonds. The molecule has 0 spiro atoms. The van der Waals surface area contributed by atoms with Crippen molar-refractivity contribution >= 4 is 46.4 Å². The number of benzene rings is 1. The molecule has 35 heavy (non-hydrogen) atoms. The molecule has 0 saturated carbocycles. The van der Waals surface area contributed by atoms with Crippen LogP contribution in [-0.4, -0.2) is 35.5 Å². The highest BCUT2D eigenvalue weighted by Crippen LogP contribution is 2.46. The van der Waals surface area contributed by atoms with E-state index in [1.165, 1.54) is 25.1 Å². The minimum atomic E-state index is -6.67. The van der Waals surface area contributed by atoms with Crippen LogP contribution in [0.5, 0.6) is 0 Å². The fourth-order valence-corrected chi connectivity index (χ4v) is 3.62. The number of aryl methyl sites for hydroxylation is 1. The second kappa shape index (κ2) is 9.34. The van der Waals surface area contributed by atoms with Crippen molar-refractivity contribution in [2.24, 2.45) is 5.10 Å². The Balaban J connectivity index is 1.87. The Kier molecular flexibility index (Phi) is 7.15.